The Bertz CT molecular complexity index is 582. The smallest absolute Gasteiger partial charge is 0.247 e. The van der Waals surface area contributed by atoms with Gasteiger partial charge in [0.1, 0.15) is 17.7 Å². The van der Waals surface area contributed by atoms with Gasteiger partial charge in [0.25, 0.3) is 0 Å². The molecule has 22 heavy (non-hydrogen) atoms. The summed E-state index contributed by atoms with van der Waals surface area (Å²) in [7, 11) is 0. The molecule has 1 aromatic carbocycles. The average Bonchev–Trinajstić information content (AvgIpc) is 3.30. The van der Waals surface area contributed by atoms with Crippen LogP contribution in [-0.4, -0.2) is 29.3 Å². The van der Waals surface area contributed by atoms with E-state index in [-0.39, 0.29) is 23.4 Å². The number of likely N-dealkylation sites (tertiary alicyclic amines) is 1. The maximum atomic E-state index is 13.2. The van der Waals surface area contributed by atoms with Crippen LogP contribution in [-0.2, 0) is 9.59 Å². The van der Waals surface area contributed by atoms with Gasteiger partial charge in [0.2, 0.25) is 11.8 Å². The third kappa shape index (κ3) is 3.26. The average molecular weight is 308 g/mol. The molecule has 0 bridgehead atoms. The standard InChI is InChI=1S/C16H18F2N2O2/c17-11-7-12(18)9-13(8-11)19-15(21)14-3-1-2-6-20(14)16(22)10-4-5-10/h7-10,14H,1-6H2,(H,19,21)/t14-/m1/s1. The van der Waals surface area contributed by atoms with Crippen LogP contribution in [0.2, 0.25) is 0 Å². The number of benzene rings is 1. The van der Waals surface area contributed by atoms with E-state index in [0.29, 0.717) is 13.0 Å². The van der Waals surface area contributed by atoms with Crippen LogP contribution in [0.25, 0.3) is 0 Å². The summed E-state index contributed by atoms with van der Waals surface area (Å²) in [4.78, 5) is 26.3. The molecule has 2 aliphatic rings. The molecule has 2 amide bonds. The molecule has 4 nitrogen and oxygen atoms in total. The molecule has 2 fully saturated rings. The third-order valence-electron chi connectivity index (χ3n) is 4.15. The van der Waals surface area contributed by atoms with Crippen molar-refractivity contribution in [2.75, 3.05) is 11.9 Å². The lowest BCUT2D eigenvalue weighted by atomic mass is 10.0. The van der Waals surface area contributed by atoms with Crippen molar-refractivity contribution < 1.29 is 18.4 Å². The van der Waals surface area contributed by atoms with Gasteiger partial charge >= 0.3 is 0 Å². The molecule has 1 aliphatic heterocycles. The number of halogens is 2. The van der Waals surface area contributed by atoms with Crippen molar-refractivity contribution in [2.45, 2.75) is 38.1 Å². The van der Waals surface area contributed by atoms with E-state index < -0.39 is 17.7 Å². The highest BCUT2D eigenvalue weighted by Gasteiger charge is 2.39. The van der Waals surface area contributed by atoms with Crippen molar-refractivity contribution >= 4 is 17.5 Å². The Labute approximate surface area is 127 Å². The Hall–Kier alpha value is -1.98. The summed E-state index contributed by atoms with van der Waals surface area (Å²) in [5.41, 5.74) is 0.0758. The minimum Gasteiger partial charge on any atom is -0.330 e. The summed E-state index contributed by atoms with van der Waals surface area (Å²) < 4.78 is 26.4. The number of carbonyl (C=O) groups excluding carboxylic acids is 2. The van der Waals surface area contributed by atoms with Crippen LogP contribution in [0.1, 0.15) is 32.1 Å². The molecule has 0 unspecified atom stereocenters. The first kappa shape index (κ1) is 14.9. The molecule has 1 saturated carbocycles. The van der Waals surface area contributed by atoms with Crippen LogP contribution in [0.5, 0.6) is 0 Å². The molecule has 118 valence electrons. The lowest BCUT2D eigenvalue weighted by molar-refractivity contribution is -0.141. The van der Waals surface area contributed by atoms with E-state index in [4.69, 9.17) is 0 Å². The number of amides is 2. The highest BCUT2D eigenvalue weighted by atomic mass is 19.1. The zero-order valence-corrected chi connectivity index (χ0v) is 12.1. The molecule has 1 N–H and O–H groups in total. The van der Waals surface area contributed by atoms with Crippen molar-refractivity contribution in [3.63, 3.8) is 0 Å². The quantitative estimate of drug-likeness (QED) is 0.933. The topological polar surface area (TPSA) is 49.4 Å². The first-order valence-corrected chi connectivity index (χ1v) is 7.62. The monoisotopic (exact) mass is 308 g/mol. The predicted molar refractivity (Wildman–Crippen MR) is 77.1 cm³/mol. The van der Waals surface area contributed by atoms with Crippen LogP contribution in [0.3, 0.4) is 0 Å². The van der Waals surface area contributed by atoms with Crippen LogP contribution in [0, 0.1) is 17.6 Å². The van der Waals surface area contributed by atoms with Crippen molar-refractivity contribution in [3.05, 3.63) is 29.8 Å². The van der Waals surface area contributed by atoms with Crippen molar-refractivity contribution in [3.8, 4) is 0 Å². The third-order valence-corrected chi connectivity index (χ3v) is 4.15. The first-order chi connectivity index (χ1) is 10.5. The van der Waals surface area contributed by atoms with Crippen molar-refractivity contribution in [2.24, 2.45) is 5.92 Å². The lowest BCUT2D eigenvalue weighted by Gasteiger charge is -2.34. The van der Waals surface area contributed by atoms with E-state index in [2.05, 4.69) is 5.32 Å². The number of nitrogens with zero attached hydrogens (tertiary/aromatic N) is 1. The fourth-order valence-electron chi connectivity index (χ4n) is 2.88. The van der Waals surface area contributed by atoms with Gasteiger partial charge in [0, 0.05) is 24.2 Å². The van der Waals surface area contributed by atoms with Crippen LogP contribution in [0.4, 0.5) is 14.5 Å². The maximum absolute atomic E-state index is 13.2. The zero-order chi connectivity index (χ0) is 15.7. The zero-order valence-electron chi connectivity index (χ0n) is 12.1. The van der Waals surface area contributed by atoms with Crippen molar-refractivity contribution in [1.29, 1.82) is 0 Å². The van der Waals surface area contributed by atoms with E-state index in [1.165, 1.54) is 0 Å². The Balaban J connectivity index is 1.72. The lowest BCUT2D eigenvalue weighted by Crippen LogP contribution is -2.50. The largest absolute Gasteiger partial charge is 0.330 e. The summed E-state index contributed by atoms with van der Waals surface area (Å²) in [6.45, 7) is 0.574. The summed E-state index contributed by atoms with van der Waals surface area (Å²) in [6, 6.07) is 2.33. The Morgan fingerprint density at radius 3 is 2.36 bits per heavy atom. The number of hydrogen-bond donors (Lipinski definition) is 1. The second kappa shape index (κ2) is 6.02. The van der Waals surface area contributed by atoms with Gasteiger partial charge < -0.3 is 10.2 Å². The molecule has 1 heterocycles. The SMILES string of the molecule is O=C(Nc1cc(F)cc(F)c1)[C@H]1CCCCN1C(=O)C1CC1. The normalized spacial score (nSPS) is 21.5. The van der Waals surface area contributed by atoms with Gasteiger partial charge in [-0.15, -0.1) is 0 Å². The van der Waals surface area contributed by atoms with Gasteiger partial charge in [-0.1, -0.05) is 0 Å². The number of hydrogen-bond acceptors (Lipinski definition) is 2. The van der Waals surface area contributed by atoms with E-state index >= 15 is 0 Å². The fourth-order valence-corrected chi connectivity index (χ4v) is 2.88. The van der Waals surface area contributed by atoms with Gasteiger partial charge in [-0.2, -0.15) is 0 Å². The number of nitrogens with one attached hydrogen (secondary N) is 1. The predicted octanol–water partition coefficient (Wildman–Crippen LogP) is 2.69. The summed E-state index contributed by atoms with van der Waals surface area (Å²) in [5, 5.41) is 2.52. The molecule has 0 aromatic heterocycles. The summed E-state index contributed by atoms with van der Waals surface area (Å²) >= 11 is 0. The Kier molecular flexibility index (Phi) is 4.09. The van der Waals surface area contributed by atoms with E-state index in [9.17, 15) is 18.4 Å². The summed E-state index contributed by atoms with van der Waals surface area (Å²) in [5.74, 6) is -1.78. The highest BCUT2D eigenvalue weighted by Crippen LogP contribution is 2.33. The minimum atomic E-state index is -0.746. The van der Waals surface area contributed by atoms with Crippen LogP contribution >= 0.6 is 0 Å². The molecule has 1 atom stereocenters. The fraction of sp³-hybridized carbons (Fsp3) is 0.500. The second-order valence-electron chi connectivity index (χ2n) is 5.96. The van der Waals surface area contributed by atoms with Gasteiger partial charge in [-0.05, 0) is 44.2 Å². The highest BCUT2D eigenvalue weighted by molar-refractivity contribution is 5.97. The summed E-state index contributed by atoms with van der Waals surface area (Å²) in [6.07, 6.45) is 4.11. The molecule has 3 rings (SSSR count). The number of rotatable bonds is 3. The molecule has 1 aromatic rings. The van der Waals surface area contributed by atoms with E-state index in [0.717, 1.165) is 43.9 Å². The minimum absolute atomic E-state index is 0.0327. The second-order valence-corrected chi connectivity index (χ2v) is 5.96. The Morgan fingerprint density at radius 1 is 1.05 bits per heavy atom. The molecule has 6 heteroatoms. The molecule has 0 spiro atoms. The van der Waals surface area contributed by atoms with Crippen LogP contribution in [0.15, 0.2) is 18.2 Å². The van der Waals surface area contributed by atoms with E-state index in [1.54, 1.807) is 4.90 Å². The van der Waals surface area contributed by atoms with E-state index in [1.807, 2.05) is 0 Å². The van der Waals surface area contributed by atoms with Crippen LogP contribution < -0.4 is 5.32 Å². The maximum Gasteiger partial charge on any atom is 0.247 e. The number of piperidine rings is 1. The molecular weight excluding hydrogens is 290 g/mol. The van der Waals surface area contributed by atoms with Crippen molar-refractivity contribution in [1.82, 2.24) is 4.90 Å². The Morgan fingerprint density at radius 2 is 1.73 bits per heavy atom. The number of carbonyl (C=O) groups is 2. The first-order valence-electron chi connectivity index (χ1n) is 7.62. The van der Waals surface area contributed by atoms with Gasteiger partial charge in [-0.3, -0.25) is 9.59 Å². The van der Waals surface area contributed by atoms with Gasteiger partial charge in [0.05, 0.1) is 0 Å². The molecule has 1 saturated heterocycles. The number of anilines is 1. The molecular formula is C16H18F2N2O2. The van der Waals surface area contributed by atoms with Gasteiger partial charge in [0.15, 0.2) is 0 Å². The molecule has 0 radical (unpaired) electrons. The van der Waals surface area contributed by atoms with Gasteiger partial charge in [-0.25, -0.2) is 8.78 Å². The molecule has 1 aliphatic carbocycles.